The normalized spacial score (nSPS) is 19.9. The van der Waals surface area contributed by atoms with Crippen molar-refractivity contribution in [3.05, 3.63) is 54.3 Å². The second-order valence-electron chi connectivity index (χ2n) is 7.83. The minimum absolute atomic E-state index is 0.0208. The number of carbonyl (C=O) groups is 2. The van der Waals surface area contributed by atoms with Gasteiger partial charge in [-0.3, -0.25) is 9.59 Å². The summed E-state index contributed by atoms with van der Waals surface area (Å²) in [7, 11) is 0. The first kappa shape index (κ1) is 19.6. The first-order valence-corrected chi connectivity index (χ1v) is 10.3. The van der Waals surface area contributed by atoms with Crippen LogP contribution in [-0.4, -0.2) is 42.4 Å². The van der Waals surface area contributed by atoms with Crippen LogP contribution in [-0.2, 0) is 9.59 Å². The standard InChI is InChI=1S/C23H26FN3O2/c24-19-6-1-4-17(14-19)18-5-2-7-20(15-18)26-22(28)16-9-12-27(13-10-16)23(29)21-8-3-11-25-21/h1-2,4-7,14-16,21,25H,3,8-13H2,(H,26,28)/t21-/m0/s1. The Labute approximate surface area is 170 Å². The van der Waals surface area contributed by atoms with Gasteiger partial charge in [-0.1, -0.05) is 24.3 Å². The van der Waals surface area contributed by atoms with E-state index in [4.69, 9.17) is 0 Å². The Kier molecular flexibility index (Phi) is 5.90. The smallest absolute Gasteiger partial charge is 0.239 e. The fourth-order valence-electron chi connectivity index (χ4n) is 4.17. The van der Waals surface area contributed by atoms with Gasteiger partial charge in [-0.15, -0.1) is 0 Å². The van der Waals surface area contributed by atoms with E-state index in [1.54, 1.807) is 6.07 Å². The number of nitrogens with one attached hydrogen (secondary N) is 2. The fraction of sp³-hybridized carbons (Fsp3) is 0.391. The molecule has 29 heavy (non-hydrogen) atoms. The van der Waals surface area contributed by atoms with Gasteiger partial charge in [-0.2, -0.15) is 0 Å². The summed E-state index contributed by atoms with van der Waals surface area (Å²) in [6, 6.07) is 13.8. The molecule has 152 valence electrons. The number of carbonyl (C=O) groups excluding carboxylic acids is 2. The zero-order valence-electron chi connectivity index (χ0n) is 16.4. The lowest BCUT2D eigenvalue weighted by Crippen LogP contribution is -2.48. The molecule has 4 rings (SSSR count). The number of likely N-dealkylation sites (tertiary alicyclic amines) is 1. The SMILES string of the molecule is O=C(Nc1cccc(-c2cccc(F)c2)c1)C1CCN(C(=O)[C@@H]2CCCN2)CC1. The number of amides is 2. The third-order valence-corrected chi connectivity index (χ3v) is 5.82. The van der Waals surface area contributed by atoms with Crippen LogP contribution in [0.4, 0.5) is 10.1 Å². The molecule has 0 spiro atoms. The van der Waals surface area contributed by atoms with Crippen molar-refractivity contribution in [2.45, 2.75) is 31.7 Å². The summed E-state index contributed by atoms with van der Waals surface area (Å²) in [6.45, 7) is 2.15. The van der Waals surface area contributed by atoms with Crippen molar-refractivity contribution in [3.8, 4) is 11.1 Å². The summed E-state index contributed by atoms with van der Waals surface area (Å²) in [5, 5.41) is 6.24. The van der Waals surface area contributed by atoms with Gasteiger partial charge < -0.3 is 15.5 Å². The number of nitrogens with zero attached hydrogens (tertiary/aromatic N) is 1. The van der Waals surface area contributed by atoms with E-state index in [9.17, 15) is 14.0 Å². The zero-order valence-corrected chi connectivity index (χ0v) is 16.4. The van der Waals surface area contributed by atoms with Crippen molar-refractivity contribution in [1.82, 2.24) is 10.2 Å². The topological polar surface area (TPSA) is 61.4 Å². The van der Waals surface area contributed by atoms with E-state index in [1.165, 1.54) is 12.1 Å². The van der Waals surface area contributed by atoms with E-state index < -0.39 is 0 Å². The maximum absolute atomic E-state index is 13.5. The second-order valence-corrected chi connectivity index (χ2v) is 7.83. The number of piperidine rings is 1. The molecule has 0 saturated carbocycles. The Morgan fingerprint density at radius 3 is 2.41 bits per heavy atom. The summed E-state index contributed by atoms with van der Waals surface area (Å²) in [6.07, 6.45) is 3.30. The van der Waals surface area contributed by atoms with Gasteiger partial charge in [0.25, 0.3) is 0 Å². The maximum Gasteiger partial charge on any atom is 0.239 e. The molecule has 0 bridgehead atoms. The second kappa shape index (κ2) is 8.74. The predicted octanol–water partition coefficient (Wildman–Crippen LogP) is 3.42. The summed E-state index contributed by atoms with van der Waals surface area (Å²) in [4.78, 5) is 27.1. The number of hydrogen-bond donors (Lipinski definition) is 2. The highest BCUT2D eigenvalue weighted by atomic mass is 19.1. The van der Waals surface area contributed by atoms with Crippen LogP contribution in [0.2, 0.25) is 0 Å². The molecule has 2 N–H and O–H groups in total. The molecule has 2 aromatic rings. The molecular weight excluding hydrogens is 369 g/mol. The van der Waals surface area contributed by atoms with E-state index in [1.807, 2.05) is 35.2 Å². The van der Waals surface area contributed by atoms with Crippen LogP contribution in [0.15, 0.2) is 48.5 Å². The number of anilines is 1. The highest BCUT2D eigenvalue weighted by Crippen LogP contribution is 2.25. The quantitative estimate of drug-likeness (QED) is 0.834. The van der Waals surface area contributed by atoms with Crippen LogP contribution >= 0.6 is 0 Å². The summed E-state index contributed by atoms with van der Waals surface area (Å²) in [5.74, 6) is -0.240. The average Bonchev–Trinajstić information content (AvgIpc) is 3.28. The van der Waals surface area contributed by atoms with Gasteiger partial charge in [0.1, 0.15) is 5.82 Å². The Hall–Kier alpha value is -2.73. The molecule has 2 heterocycles. The summed E-state index contributed by atoms with van der Waals surface area (Å²) < 4.78 is 13.5. The summed E-state index contributed by atoms with van der Waals surface area (Å²) >= 11 is 0. The number of halogens is 1. The van der Waals surface area contributed by atoms with Crippen molar-refractivity contribution in [3.63, 3.8) is 0 Å². The molecule has 0 unspecified atom stereocenters. The molecule has 2 saturated heterocycles. The molecule has 5 nitrogen and oxygen atoms in total. The van der Waals surface area contributed by atoms with Crippen molar-refractivity contribution in [1.29, 1.82) is 0 Å². The molecule has 0 radical (unpaired) electrons. The van der Waals surface area contributed by atoms with Crippen LogP contribution in [0.1, 0.15) is 25.7 Å². The number of rotatable bonds is 4. The number of benzene rings is 2. The van der Waals surface area contributed by atoms with Gasteiger partial charge in [0, 0.05) is 24.7 Å². The molecule has 2 aromatic carbocycles. The van der Waals surface area contributed by atoms with E-state index in [2.05, 4.69) is 10.6 Å². The van der Waals surface area contributed by atoms with E-state index >= 15 is 0 Å². The average molecular weight is 395 g/mol. The highest BCUT2D eigenvalue weighted by Gasteiger charge is 2.31. The third-order valence-electron chi connectivity index (χ3n) is 5.82. The molecule has 0 aliphatic carbocycles. The van der Waals surface area contributed by atoms with Crippen molar-refractivity contribution < 1.29 is 14.0 Å². The molecule has 1 atom stereocenters. The Bertz CT molecular complexity index is 887. The van der Waals surface area contributed by atoms with Crippen LogP contribution in [0, 0.1) is 11.7 Å². The van der Waals surface area contributed by atoms with Crippen LogP contribution in [0.3, 0.4) is 0 Å². The minimum Gasteiger partial charge on any atom is -0.341 e. The van der Waals surface area contributed by atoms with E-state index in [0.29, 0.717) is 31.6 Å². The van der Waals surface area contributed by atoms with Crippen molar-refractivity contribution in [2.24, 2.45) is 5.92 Å². The Morgan fingerprint density at radius 2 is 1.72 bits per heavy atom. The van der Waals surface area contributed by atoms with Gasteiger partial charge in [-0.25, -0.2) is 4.39 Å². The number of hydrogen-bond acceptors (Lipinski definition) is 3. The van der Waals surface area contributed by atoms with Crippen molar-refractivity contribution in [2.75, 3.05) is 25.0 Å². The van der Waals surface area contributed by atoms with E-state index in [-0.39, 0.29) is 29.6 Å². The minimum atomic E-state index is -0.286. The summed E-state index contributed by atoms with van der Waals surface area (Å²) in [5.41, 5.74) is 2.32. The third kappa shape index (κ3) is 4.65. The van der Waals surface area contributed by atoms with Gasteiger partial charge in [0.15, 0.2) is 0 Å². The molecule has 2 aliphatic rings. The van der Waals surface area contributed by atoms with Crippen molar-refractivity contribution >= 4 is 17.5 Å². The van der Waals surface area contributed by atoms with Gasteiger partial charge in [0.2, 0.25) is 11.8 Å². The van der Waals surface area contributed by atoms with Gasteiger partial charge in [0.05, 0.1) is 6.04 Å². The lowest BCUT2D eigenvalue weighted by molar-refractivity contribution is -0.136. The first-order valence-electron chi connectivity index (χ1n) is 10.3. The maximum atomic E-state index is 13.5. The van der Waals surface area contributed by atoms with Gasteiger partial charge >= 0.3 is 0 Å². The Morgan fingerprint density at radius 1 is 1.00 bits per heavy atom. The molecule has 2 fully saturated rings. The first-order chi connectivity index (χ1) is 14.1. The molecule has 2 aliphatic heterocycles. The highest BCUT2D eigenvalue weighted by molar-refractivity contribution is 5.93. The van der Waals surface area contributed by atoms with Crippen LogP contribution in [0.5, 0.6) is 0 Å². The Balaban J connectivity index is 1.34. The molecule has 0 aromatic heterocycles. The molecule has 6 heteroatoms. The molecule has 2 amide bonds. The zero-order chi connectivity index (χ0) is 20.2. The lowest BCUT2D eigenvalue weighted by Gasteiger charge is -2.33. The monoisotopic (exact) mass is 395 g/mol. The fourth-order valence-corrected chi connectivity index (χ4v) is 4.17. The predicted molar refractivity (Wildman–Crippen MR) is 111 cm³/mol. The van der Waals surface area contributed by atoms with Gasteiger partial charge in [-0.05, 0) is 67.6 Å². The van der Waals surface area contributed by atoms with Crippen LogP contribution < -0.4 is 10.6 Å². The molecular formula is C23H26FN3O2. The largest absolute Gasteiger partial charge is 0.341 e. The van der Waals surface area contributed by atoms with E-state index in [0.717, 1.165) is 30.5 Å². The van der Waals surface area contributed by atoms with Crippen LogP contribution in [0.25, 0.3) is 11.1 Å². The lowest BCUT2D eigenvalue weighted by atomic mass is 9.95.